The predicted octanol–water partition coefficient (Wildman–Crippen LogP) is 0.961. The molecule has 0 fully saturated rings. The number of hydrogen-bond donors (Lipinski definition) is 2. The van der Waals surface area contributed by atoms with E-state index in [1.807, 2.05) is 6.92 Å². The van der Waals surface area contributed by atoms with Crippen molar-refractivity contribution in [2.24, 2.45) is 10.7 Å². The molecule has 1 aromatic carbocycles. The van der Waals surface area contributed by atoms with Crippen LogP contribution in [-0.2, 0) is 10.3 Å². The largest absolute Gasteiger partial charge is 0.504 e. The van der Waals surface area contributed by atoms with Crippen LogP contribution in [0.5, 0.6) is 11.5 Å². The monoisotopic (exact) mass is 222 g/mol. The molecule has 1 aliphatic heterocycles. The quantitative estimate of drug-likeness (QED) is 0.781. The number of phenolic OH excluding ortho intramolecular Hbond substituents is 1. The van der Waals surface area contributed by atoms with Crippen LogP contribution in [0.3, 0.4) is 0 Å². The molecular weight excluding hydrogens is 208 g/mol. The van der Waals surface area contributed by atoms with Crippen LogP contribution in [0, 0.1) is 0 Å². The SMILES string of the molecule is COc1cc(C2(C)COC(N)=N2)ccc1O. The zero-order valence-electron chi connectivity index (χ0n) is 9.23. The molecule has 5 heteroatoms. The van der Waals surface area contributed by atoms with Gasteiger partial charge in [0.25, 0.3) is 6.02 Å². The van der Waals surface area contributed by atoms with Crippen LogP contribution < -0.4 is 10.5 Å². The Morgan fingerprint density at radius 2 is 2.31 bits per heavy atom. The van der Waals surface area contributed by atoms with E-state index >= 15 is 0 Å². The van der Waals surface area contributed by atoms with Crippen LogP contribution >= 0.6 is 0 Å². The lowest BCUT2D eigenvalue weighted by atomic mass is 9.94. The summed E-state index contributed by atoms with van der Waals surface area (Å²) in [5, 5.41) is 9.50. The third kappa shape index (κ3) is 1.64. The van der Waals surface area contributed by atoms with E-state index in [1.165, 1.54) is 7.11 Å². The summed E-state index contributed by atoms with van der Waals surface area (Å²) in [7, 11) is 1.50. The van der Waals surface area contributed by atoms with E-state index in [9.17, 15) is 5.11 Å². The minimum atomic E-state index is -0.509. The summed E-state index contributed by atoms with van der Waals surface area (Å²) in [4.78, 5) is 4.23. The Kier molecular flexibility index (Phi) is 2.38. The second kappa shape index (κ2) is 3.59. The number of rotatable bonds is 2. The number of phenols is 1. The summed E-state index contributed by atoms with van der Waals surface area (Å²) in [6.45, 7) is 2.31. The first-order valence-corrected chi connectivity index (χ1v) is 4.91. The number of aliphatic imine (C=N–C) groups is 1. The van der Waals surface area contributed by atoms with Gasteiger partial charge in [-0.25, -0.2) is 4.99 Å². The van der Waals surface area contributed by atoms with Gasteiger partial charge >= 0.3 is 0 Å². The van der Waals surface area contributed by atoms with E-state index in [2.05, 4.69) is 4.99 Å². The summed E-state index contributed by atoms with van der Waals surface area (Å²) < 4.78 is 10.2. The van der Waals surface area contributed by atoms with Crippen molar-refractivity contribution in [1.82, 2.24) is 0 Å². The van der Waals surface area contributed by atoms with E-state index in [-0.39, 0.29) is 11.8 Å². The highest BCUT2D eigenvalue weighted by Gasteiger charge is 2.33. The van der Waals surface area contributed by atoms with Crippen LogP contribution in [0.25, 0.3) is 0 Å². The molecule has 0 radical (unpaired) electrons. The molecule has 1 unspecified atom stereocenters. The average Bonchev–Trinajstić information content (AvgIpc) is 2.60. The van der Waals surface area contributed by atoms with Gasteiger partial charge in [-0.15, -0.1) is 0 Å². The summed E-state index contributed by atoms with van der Waals surface area (Å²) in [5.74, 6) is 0.519. The van der Waals surface area contributed by atoms with E-state index in [0.717, 1.165) is 5.56 Å². The number of hydrogen-bond acceptors (Lipinski definition) is 5. The van der Waals surface area contributed by atoms with E-state index < -0.39 is 5.54 Å². The fourth-order valence-corrected chi connectivity index (χ4v) is 1.68. The van der Waals surface area contributed by atoms with Crippen molar-refractivity contribution in [2.45, 2.75) is 12.5 Å². The Morgan fingerprint density at radius 3 is 2.88 bits per heavy atom. The lowest BCUT2D eigenvalue weighted by molar-refractivity contribution is 0.265. The van der Waals surface area contributed by atoms with Gasteiger partial charge in [-0.3, -0.25) is 0 Å². The molecule has 2 rings (SSSR count). The normalized spacial score (nSPS) is 23.8. The first kappa shape index (κ1) is 10.6. The molecule has 86 valence electrons. The number of amidine groups is 1. The second-order valence-electron chi connectivity index (χ2n) is 3.90. The van der Waals surface area contributed by atoms with Crippen molar-refractivity contribution in [3.8, 4) is 11.5 Å². The number of aromatic hydroxyl groups is 1. The fourth-order valence-electron chi connectivity index (χ4n) is 1.68. The number of methoxy groups -OCH3 is 1. The molecule has 1 heterocycles. The van der Waals surface area contributed by atoms with Crippen LogP contribution in [0.15, 0.2) is 23.2 Å². The molecule has 1 atom stereocenters. The average molecular weight is 222 g/mol. The molecule has 3 N–H and O–H groups in total. The van der Waals surface area contributed by atoms with Gasteiger partial charge in [0.2, 0.25) is 0 Å². The van der Waals surface area contributed by atoms with Crippen LogP contribution in [-0.4, -0.2) is 24.8 Å². The standard InChI is InChI=1S/C11H14N2O3/c1-11(6-16-10(12)13-11)7-3-4-8(14)9(5-7)15-2/h3-5,14H,6H2,1-2H3,(H2,12,13). The number of nitrogens with zero attached hydrogens (tertiary/aromatic N) is 1. The molecule has 16 heavy (non-hydrogen) atoms. The summed E-state index contributed by atoms with van der Waals surface area (Å²) >= 11 is 0. The van der Waals surface area contributed by atoms with Gasteiger partial charge in [-0.1, -0.05) is 6.07 Å². The van der Waals surface area contributed by atoms with E-state index in [4.69, 9.17) is 15.2 Å². The Labute approximate surface area is 93.5 Å². The molecule has 1 aromatic rings. The number of nitrogens with two attached hydrogens (primary N) is 1. The molecule has 0 aromatic heterocycles. The Bertz CT molecular complexity index is 445. The number of ether oxygens (including phenoxy) is 2. The molecule has 0 spiro atoms. The van der Waals surface area contributed by atoms with Gasteiger partial charge in [0.15, 0.2) is 11.5 Å². The zero-order chi connectivity index (χ0) is 11.8. The highest BCUT2D eigenvalue weighted by molar-refractivity contribution is 5.74. The zero-order valence-corrected chi connectivity index (χ0v) is 9.23. The first-order valence-electron chi connectivity index (χ1n) is 4.91. The topological polar surface area (TPSA) is 77.1 Å². The number of benzene rings is 1. The van der Waals surface area contributed by atoms with Crippen molar-refractivity contribution >= 4 is 6.02 Å². The first-order chi connectivity index (χ1) is 7.55. The van der Waals surface area contributed by atoms with E-state index in [1.54, 1.807) is 18.2 Å². The maximum Gasteiger partial charge on any atom is 0.283 e. The lowest BCUT2D eigenvalue weighted by Crippen LogP contribution is -2.20. The summed E-state index contributed by atoms with van der Waals surface area (Å²) in [6.07, 6.45) is 0. The Balaban J connectivity index is 2.41. The van der Waals surface area contributed by atoms with Crippen molar-refractivity contribution in [1.29, 1.82) is 0 Å². The Hall–Kier alpha value is -1.91. The molecule has 0 amide bonds. The van der Waals surface area contributed by atoms with Crippen molar-refractivity contribution in [3.05, 3.63) is 23.8 Å². The summed E-state index contributed by atoms with van der Waals surface area (Å²) in [6, 6.07) is 5.28. The molecule has 0 bridgehead atoms. The third-order valence-electron chi connectivity index (χ3n) is 2.66. The molecular formula is C11H14N2O3. The van der Waals surface area contributed by atoms with Gasteiger partial charge in [-0.2, -0.15) is 0 Å². The summed E-state index contributed by atoms with van der Waals surface area (Å²) in [5.41, 5.74) is 5.88. The maximum absolute atomic E-state index is 9.50. The highest BCUT2D eigenvalue weighted by Crippen LogP contribution is 2.35. The molecule has 0 aliphatic carbocycles. The minimum absolute atomic E-state index is 0.103. The van der Waals surface area contributed by atoms with Gasteiger partial charge < -0.3 is 20.3 Å². The van der Waals surface area contributed by atoms with Crippen molar-refractivity contribution < 1.29 is 14.6 Å². The Morgan fingerprint density at radius 1 is 1.56 bits per heavy atom. The molecule has 5 nitrogen and oxygen atoms in total. The minimum Gasteiger partial charge on any atom is -0.504 e. The smallest absolute Gasteiger partial charge is 0.283 e. The fraction of sp³-hybridized carbons (Fsp3) is 0.364. The third-order valence-corrected chi connectivity index (χ3v) is 2.66. The molecule has 0 saturated heterocycles. The molecule has 1 aliphatic rings. The molecule has 0 saturated carbocycles. The van der Waals surface area contributed by atoms with Gasteiger partial charge in [0.1, 0.15) is 12.1 Å². The van der Waals surface area contributed by atoms with Gasteiger partial charge in [0, 0.05) is 0 Å². The predicted molar refractivity (Wildman–Crippen MR) is 59.6 cm³/mol. The van der Waals surface area contributed by atoms with Crippen LogP contribution in [0.4, 0.5) is 0 Å². The van der Waals surface area contributed by atoms with Crippen molar-refractivity contribution in [3.63, 3.8) is 0 Å². The van der Waals surface area contributed by atoms with Gasteiger partial charge in [-0.05, 0) is 24.6 Å². The van der Waals surface area contributed by atoms with E-state index in [0.29, 0.717) is 12.4 Å². The highest BCUT2D eigenvalue weighted by atomic mass is 16.5. The second-order valence-corrected chi connectivity index (χ2v) is 3.90. The van der Waals surface area contributed by atoms with Crippen LogP contribution in [0.2, 0.25) is 0 Å². The van der Waals surface area contributed by atoms with Gasteiger partial charge in [0.05, 0.1) is 7.11 Å². The maximum atomic E-state index is 9.50. The van der Waals surface area contributed by atoms with Crippen LogP contribution in [0.1, 0.15) is 12.5 Å². The lowest BCUT2D eigenvalue weighted by Gasteiger charge is -2.19. The van der Waals surface area contributed by atoms with Crippen molar-refractivity contribution in [2.75, 3.05) is 13.7 Å².